The summed E-state index contributed by atoms with van der Waals surface area (Å²) in [5, 5.41) is 9.23. The highest BCUT2D eigenvalue weighted by atomic mass is 32.2. The van der Waals surface area contributed by atoms with Crippen LogP contribution in [0.2, 0.25) is 0 Å². The Morgan fingerprint density at radius 2 is 1.70 bits per heavy atom. The molecule has 0 spiro atoms. The van der Waals surface area contributed by atoms with Gasteiger partial charge in [-0.05, 0) is 36.0 Å². The van der Waals surface area contributed by atoms with Crippen LogP contribution in [-0.4, -0.2) is 26.2 Å². The van der Waals surface area contributed by atoms with Gasteiger partial charge in [0.05, 0.1) is 11.5 Å². The first kappa shape index (κ1) is 17.1. The van der Waals surface area contributed by atoms with Crippen LogP contribution in [0.3, 0.4) is 0 Å². The standard InChI is InChI=1S/C15H25NO3S/c1-5-12(4)13-6-8-14(9-7-13)20(18,19)16-15(10-17)11(2)3/h6-9,11-12,15-17H,5,10H2,1-4H3/t12?,15-/m1/s1. The minimum atomic E-state index is -3.58. The molecule has 0 bridgehead atoms. The van der Waals surface area contributed by atoms with Crippen LogP contribution in [-0.2, 0) is 10.0 Å². The van der Waals surface area contributed by atoms with Gasteiger partial charge in [-0.1, -0.05) is 39.8 Å². The van der Waals surface area contributed by atoms with Crippen LogP contribution >= 0.6 is 0 Å². The number of benzene rings is 1. The number of hydrogen-bond donors (Lipinski definition) is 2. The molecule has 0 aromatic heterocycles. The van der Waals surface area contributed by atoms with Crippen LogP contribution < -0.4 is 4.72 Å². The van der Waals surface area contributed by atoms with Crippen molar-refractivity contribution in [1.82, 2.24) is 4.72 Å². The Labute approximate surface area is 122 Å². The minimum Gasteiger partial charge on any atom is -0.395 e. The highest BCUT2D eigenvalue weighted by molar-refractivity contribution is 7.89. The zero-order valence-electron chi connectivity index (χ0n) is 12.6. The van der Waals surface area contributed by atoms with Gasteiger partial charge in [0.2, 0.25) is 10.0 Å². The fraction of sp³-hybridized carbons (Fsp3) is 0.600. The Kier molecular flexibility index (Phi) is 6.17. The Balaban J connectivity index is 2.93. The van der Waals surface area contributed by atoms with Crippen molar-refractivity contribution in [2.75, 3.05) is 6.61 Å². The van der Waals surface area contributed by atoms with Gasteiger partial charge in [0.15, 0.2) is 0 Å². The van der Waals surface area contributed by atoms with E-state index in [0.717, 1.165) is 12.0 Å². The summed E-state index contributed by atoms with van der Waals surface area (Å²) in [7, 11) is -3.58. The van der Waals surface area contributed by atoms with Gasteiger partial charge in [-0.2, -0.15) is 0 Å². The lowest BCUT2D eigenvalue weighted by Crippen LogP contribution is -2.41. The molecule has 0 radical (unpaired) electrons. The topological polar surface area (TPSA) is 66.4 Å². The number of sulfonamides is 1. The summed E-state index contributed by atoms with van der Waals surface area (Å²) in [6, 6.07) is 6.49. The fourth-order valence-corrected chi connectivity index (χ4v) is 3.24. The van der Waals surface area contributed by atoms with Crippen molar-refractivity contribution in [2.24, 2.45) is 5.92 Å². The summed E-state index contributed by atoms with van der Waals surface area (Å²) < 4.78 is 27.0. The molecule has 0 heterocycles. The predicted molar refractivity (Wildman–Crippen MR) is 81.2 cm³/mol. The van der Waals surface area contributed by atoms with Crippen LogP contribution in [0.1, 0.15) is 45.6 Å². The van der Waals surface area contributed by atoms with Gasteiger partial charge in [0, 0.05) is 6.04 Å². The van der Waals surface area contributed by atoms with Crippen molar-refractivity contribution in [1.29, 1.82) is 0 Å². The highest BCUT2D eigenvalue weighted by Crippen LogP contribution is 2.20. The second-order valence-electron chi connectivity index (χ2n) is 5.53. The van der Waals surface area contributed by atoms with E-state index in [0.29, 0.717) is 5.92 Å². The van der Waals surface area contributed by atoms with E-state index in [1.165, 1.54) is 0 Å². The zero-order valence-corrected chi connectivity index (χ0v) is 13.4. The maximum atomic E-state index is 12.2. The van der Waals surface area contributed by atoms with Gasteiger partial charge in [-0.25, -0.2) is 13.1 Å². The summed E-state index contributed by atoms with van der Waals surface area (Å²) in [4.78, 5) is 0.239. The van der Waals surface area contributed by atoms with Crippen LogP contribution in [0.4, 0.5) is 0 Å². The normalized spacial score (nSPS) is 15.3. The third-order valence-electron chi connectivity index (χ3n) is 3.68. The largest absolute Gasteiger partial charge is 0.395 e. The molecule has 2 N–H and O–H groups in total. The van der Waals surface area contributed by atoms with Crippen molar-refractivity contribution in [3.8, 4) is 0 Å². The monoisotopic (exact) mass is 299 g/mol. The summed E-state index contributed by atoms with van der Waals surface area (Å²) in [6.07, 6.45) is 1.02. The summed E-state index contributed by atoms with van der Waals surface area (Å²) in [5.41, 5.74) is 1.13. The molecule has 0 aliphatic rings. The lowest BCUT2D eigenvalue weighted by molar-refractivity contribution is 0.227. The van der Waals surface area contributed by atoms with Gasteiger partial charge in [0.1, 0.15) is 0 Å². The third-order valence-corrected chi connectivity index (χ3v) is 5.19. The molecule has 1 rings (SSSR count). The van der Waals surface area contributed by atoms with Crippen molar-refractivity contribution in [3.05, 3.63) is 29.8 Å². The summed E-state index contributed by atoms with van der Waals surface area (Å²) in [5.74, 6) is 0.453. The maximum Gasteiger partial charge on any atom is 0.240 e. The smallest absolute Gasteiger partial charge is 0.240 e. The molecule has 0 fully saturated rings. The van der Waals surface area contributed by atoms with Crippen LogP contribution in [0.5, 0.6) is 0 Å². The first-order chi connectivity index (χ1) is 9.31. The molecule has 20 heavy (non-hydrogen) atoms. The van der Waals surface area contributed by atoms with Crippen molar-refractivity contribution in [3.63, 3.8) is 0 Å². The molecule has 0 saturated carbocycles. The average molecular weight is 299 g/mol. The number of aliphatic hydroxyl groups is 1. The molecule has 2 atom stereocenters. The van der Waals surface area contributed by atoms with Crippen LogP contribution in [0.25, 0.3) is 0 Å². The van der Waals surface area contributed by atoms with Gasteiger partial charge in [0.25, 0.3) is 0 Å². The number of nitrogens with one attached hydrogen (secondary N) is 1. The Morgan fingerprint density at radius 1 is 1.15 bits per heavy atom. The van der Waals surface area contributed by atoms with E-state index in [9.17, 15) is 13.5 Å². The maximum absolute atomic E-state index is 12.2. The van der Waals surface area contributed by atoms with Crippen LogP contribution in [0.15, 0.2) is 29.2 Å². The molecule has 0 saturated heterocycles. The lowest BCUT2D eigenvalue weighted by atomic mass is 9.99. The summed E-state index contributed by atoms with van der Waals surface area (Å²) >= 11 is 0. The van der Waals surface area contributed by atoms with E-state index in [1.54, 1.807) is 12.1 Å². The van der Waals surface area contributed by atoms with Gasteiger partial charge >= 0.3 is 0 Å². The minimum absolute atomic E-state index is 0.0363. The molecule has 1 unspecified atom stereocenters. The molecule has 5 heteroatoms. The first-order valence-electron chi connectivity index (χ1n) is 7.05. The molecule has 1 aromatic rings. The van der Waals surface area contributed by atoms with E-state index < -0.39 is 16.1 Å². The summed E-state index contributed by atoms with van der Waals surface area (Å²) in [6.45, 7) is 7.75. The molecule has 0 aliphatic carbocycles. The Bertz CT molecular complexity index is 508. The molecular formula is C15H25NO3S. The molecule has 0 aliphatic heterocycles. The van der Waals surface area contributed by atoms with Crippen molar-refractivity contribution >= 4 is 10.0 Å². The quantitative estimate of drug-likeness (QED) is 0.813. The number of rotatable bonds is 7. The second-order valence-corrected chi connectivity index (χ2v) is 7.25. The Hall–Kier alpha value is -0.910. The predicted octanol–water partition coefficient (Wildman–Crippen LogP) is 2.50. The van der Waals surface area contributed by atoms with Crippen molar-refractivity contribution in [2.45, 2.75) is 51.0 Å². The Morgan fingerprint density at radius 3 is 2.10 bits per heavy atom. The fourth-order valence-electron chi connectivity index (χ4n) is 1.86. The van der Waals surface area contributed by atoms with Gasteiger partial charge in [-0.15, -0.1) is 0 Å². The third kappa shape index (κ3) is 4.30. The molecule has 1 aromatic carbocycles. The van der Waals surface area contributed by atoms with Crippen molar-refractivity contribution < 1.29 is 13.5 Å². The van der Waals surface area contributed by atoms with Gasteiger partial charge < -0.3 is 5.11 Å². The van der Waals surface area contributed by atoms with E-state index in [1.807, 2.05) is 26.0 Å². The lowest BCUT2D eigenvalue weighted by Gasteiger charge is -2.20. The van der Waals surface area contributed by atoms with E-state index in [4.69, 9.17) is 0 Å². The second kappa shape index (κ2) is 7.20. The molecular weight excluding hydrogens is 274 g/mol. The molecule has 114 valence electrons. The first-order valence-corrected chi connectivity index (χ1v) is 8.53. The van der Waals surface area contributed by atoms with Crippen LogP contribution in [0, 0.1) is 5.92 Å². The van der Waals surface area contributed by atoms with E-state index in [2.05, 4.69) is 18.6 Å². The van der Waals surface area contributed by atoms with E-state index >= 15 is 0 Å². The van der Waals surface area contributed by atoms with Gasteiger partial charge in [-0.3, -0.25) is 0 Å². The molecule has 4 nitrogen and oxygen atoms in total. The number of hydrogen-bond acceptors (Lipinski definition) is 3. The number of aliphatic hydroxyl groups excluding tert-OH is 1. The zero-order chi connectivity index (χ0) is 15.3. The molecule has 0 amide bonds. The average Bonchev–Trinajstić information content (AvgIpc) is 2.43. The highest BCUT2D eigenvalue weighted by Gasteiger charge is 2.21. The SMILES string of the molecule is CCC(C)c1ccc(S(=O)(=O)N[C@H](CO)C(C)C)cc1. The van der Waals surface area contributed by atoms with E-state index in [-0.39, 0.29) is 17.4 Å².